The summed E-state index contributed by atoms with van der Waals surface area (Å²) in [5.74, 6) is 2.22. The van der Waals surface area contributed by atoms with E-state index in [4.69, 9.17) is 6.42 Å². The van der Waals surface area contributed by atoms with Gasteiger partial charge in [0.05, 0.1) is 11.4 Å². The molecule has 6 heteroatoms. The molecule has 1 aromatic rings. The topological polar surface area (TPSA) is 46.2 Å². The summed E-state index contributed by atoms with van der Waals surface area (Å²) in [6, 6.07) is 3.27. The van der Waals surface area contributed by atoms with Crippen molar-refractivity contribution >= 4 is 41.9 Å². The predicted molar refractivity (Wildman–Crippen MR) is 70.6 cm³/mol. The molecule has 1 N–H and O–H groups in total. The SMILES string of the molecule is C#CCNS(=O)(=O)c1cc(Br)c(C)cc1Br. The van der Waals surface area contributed by atoms with Gasteiger partial charge >= 0.3 is 0 Å². The van der Waals surface area contributed by atoms with Crippen LogP contribution >= 0.6 is 31.9 Å². The first-order valence-corrected chi connectivity index (χ1v) is 7.34. The van der Waals surface area contributed by atoms with Crippen LogP contribution in [0.3, 0.4) is 0 Å². The molecule has 0 aliphatic rings. The van der Waals surface area contributed by atoms with Crippen molar-refractivity contribution in [2.75, 3.05) is 6.54 Å². The summed E-state index contributed by atoms with van der Waals surface area (Å²) in [6.45, 7) is 1.85. The van der Waals surface area contributed by atoms with Gasteiger partial charge < -0.3 is 0 Å². The minimum Gasteiger partial charge on any atom is -0.207 e. The average molecular weight is 367 g/mol. The van der Waals surface area contributed by atoms with Gasteiger partial charge in [0.2, 0.25) is 10.0 Å². The molecule has 0 amide bonds. The zero-order chi connectivity index (χ0) is 12.3. The van der Waals surface area contributed by atoms with Crippen molar-refractivity contribution in [1.29, 1.82) is 0 Å². The molecule has 86 valence electrons. The molecular formula is C10H9Br2NO2S. The smallest absolute Gasteiger partial charge is 0.207 e. The molecule has 0 bridgehead atoms. The van der Waals surface area contributed by atoms with Crippen molar-refractivity contribution in [2.24, 2.45) is 0 Å². The molecule has 3 nitrogen and oxygen atoms in total. The molecule has 16 heavy (non-hydrogen) atoms. The molecule has 0 aliphatic heterocycles. The summed E-state index contributed by atoms with van der Waals surface area (Å²) in [5, 5.41) is 0. The Morgan fingerprint density at radius 3 is 2.56 bits per heavy atom. The maximum Gasteiger partial charge on any atom is 0.242 e. The lowest BCUT2D eigenvalue weighted by Gasteiger charge is -2.08. The quantitative estimate of drug-likeness (QED) is 0.835. The van der Waals surface area contributed by atoms with Gasteiger partial charge in [-0.15, -0.1) is 6.42 Å². The Morgan fingerprint density at radius 1 is 1.38 bits per heavy atom. The van der Waals surface area contributed by atoms with Crippen LogP contribution in [0.5, 0.6) is 0 Å². The second kappa shape index (κ2) is 5.32. The van der Waals surface area contributed by atoms with E-state index in [-0.39, 0.29) is 11.4 Å². The summed E-state index contributed by atoms with van der Waals surface area (Å²) in [4.78, 5) is 0.167. The van der Waals surface area contributed by atoms with Gasteiger partial charge in [-0.05, 0) is 40.5 Å². The number of terminal acetylenes is 1. The van der Waals surface area contributed by atoms with Crippen LogP contribution in [0, 0.1) is 19.3 Å². The highest BCUT2D eigenvalue weighted by Gasteiger charge is 2.18. The number of benzene rings is 1. The van der Waals surface area contributed by atoms with E-state index in [1.165, 1.54) is 6.07 Å². The third-order valence-electron chi connectivity index (χ3n) is 1.87. The molecule has 1 aromatic carbocycles. The van der Waals surface area contributed by atoms with Crippen molar-refractivity contribution in [1.82, 2.24) is 4.72 Å². The third kappa shape index (κ3) is 3.08. The van der Waals surface area contributed by atoms with E-state index in [0.29, 0.717) is 4.47 Å². The van der Waals surface area contributed by atoms with E-state index in [1.807, 2.05) is 6.92 Å². The van der Waals surface area contributed by atoms with Crippen LogP contribution in [0.25, 0.3) is 0 Å². The average Bonchev–Trinajstić information content (AvgIpc) is 2.20. The lowest BCUT2D eigenvalue weighted by molar-refractivity contribution is 0.585. The highest BCUT2D eigenvalue weighted by molar-refractivity contribution is 9.11. The van der Waals surface area contributed by atoms with Crippen molar-refractivity contribution in [3.63, 3.8) is 0 Å². The molecule has 0 saturated carbocycles. The van der Waals surface area contributed by atoms with Crippen molar-refractivity contribution in [3.8, 4) is 12.3 Å². The number of hydrogen-bond donors (Lipinski definition) is 1. The Morgan fingerprint density at radius 2 is 2.00 bits per heavy atom. The second-order valence-electron chi connectivity index (χ2n) is 3.06. The number of halogens is 2. The highest BCUT2D eigenvalue weighted by Crippen LogP contribution is 2.28. The Balaban J connectivity index is 3.24. The minimum atomic E-state index is -3.56. The number of aryl methyl sites for hydroxylation is 1. The van der Waals surface area contributed by atoms with Gasteiger partial charge in [0.1, 0.15) is 0 Å². The number of hydrogen-bond acceptors (Lipinski definition) is 2. The predicted octanol–water partition coefficient (Wildman–Crippen LogP) is 2.43. The lowest BCUT2D eigenvalue weighted by Crippen LogP contribution is -2.24. The zero-order valence-electron chi connectivity index (χ0n) is 8.42. The third-order valence-corrected chi connectivity index (χ3v) is 5.08. The van der Waals surface area contributed by atoms with Crippen molar-refractivity contribution < 1.29 is 8.42 Å². The van der Waals surface area contributed by atoms with E-state index in [1.54, 1.807) is 6.07 Å². The van der Waals surface area contributed by atoms with Crippen LogP contribution in [0.2, 0.25) is 0 Å². The van der Waals surface area contributed by atoms with Gasteiger partial charge in [0.25, 0.3) is 0 Å². The van der Waals surface area contributed by atoms with E-state index in [2.05, 4.69) is 42.5 Å². The van der Waals surface area contributed by atoms with Gasteiger partial charge in [0, 0.05) is 8.95 Å². The highest BCUT2D eigenvalue weighted by atomic mass is 79.9. The fourth-order valence-corrected chi connectivity index (χ4v) is 3.66. The molecular weight excluding hydrogens is 358 g/mol. The van der Waals surface area contributed by atoms with Crippen molar-refractivity contribution in [2.45, 2.75) is 11.8 Å². The van der Waals surface area contributed by atoms with E-state index >= 15 is 0 Å². The van der Waals surface area contributed by atoms with Crippen LogP contribution < -0.4 is 4.72 Å². The fourth-order valence-electron chi connectivity index (χ4n) is 1.05. The van der Waals surface area contributed by atoms with Gasteiger partial charge in [-0.25, -0.2) is 8.42 Å². The van der Waals surface area contributed by atoms with E-state index in [9.17, 15) is 8.42 Å². The Hall–Kier alpha value is -0.350. The number of sulfonamides is 1. The Labute approximate surface area is 112 Å². The van der Waals surface area contributed by atoms with E-state index in [0.717, 1.165) is 10.0 Å². The molecule has 0 heterocycles. The minimum absolute atomic E-state index is 0.0275. The van der Waals surface area contributed by atoms with Crippen LogP contribution in [-0.4, -0.2) is 15.0 Å². The Kier molecular flexibility index (Phi) is 4.56. The maximum atomic E-state index is 11.8. The number of rotatable bonds is 3. The van der Waals surface area contributed by atoms with Gasteiger partial charge in [-0.1, -0.05) is 21.9 Å². The first kappa shape index (κ1) is 13.7. The summed E-state index contributed by atoms with van der Waals surface area (Å²) in [5.41, 5.74) is 0.947. The first-order chi connectivity index (χ1) is 7.38. The summed E-state index contributed by atoms with van der Waals surface area (Å²) in [7, 11) is -3.56. The summed E-state index contributed by atoms with van der Waals surface area (Å²) < 4.78 is 27.2. The number of nitrogens with one attached hydrogen (secondary N) is 1. The molecule has 0 saturated heterocycles. The molecule has 0 radical (unpaired) electrons. The molecule has 0 aromatic heterocycles. The maximum absolute atomic E-state index is 11.8. The van der Waals surface area contributed by atoms with Gasteiger partial charge in [0.15, 0.2) is 0 Å². The van der Waals surface area contributed by atoms with Gasteiger partial charge in [-0.2, -0.15) is 4.72 Å². The van der Waals surface area contributed by atoms with Gasteiger partial charge in [-0.3, -0.25) is 0 Å². The van der Waals surface area contributed by atoms with Crippen LogP contribution in [-0.2, 0) is 10.0 Å². The van der Waals surface area contributed by atoms with Crippen LogP contribution in [0.4, 0.5) is 0 Å². The second-order valence-corrected chi connectivity index (χ2v) is 6.50. The van der Waals surface area contributed by atoms with Crippen LogP contribution in [0.15, 0.2) is 26.0 Å². The molecule has 0 atom stereocenters. The van der Waals surface area contributed by atoms with Crippen molar-refractivity contribution in [3.05, 3.63) is 26.6 Å². The molecule has 0 fully saturated rings. The Bertz CT molecular complexity index is 547. The standard InChI is InChI=1S/C10H9Br2NO2S/c1-3-4-13-16(14,15)10-6-8(11)7(2)5-9(10)12/h1,5-6,13H,4H2,2H3. The summed E-state index contributed by atoms with van der Waals surface area (Å²) >= 11 is 6.50. The fraction of sp³-hybridized carbons (Fsp3) is 0.200. The van der Waals surface area contributed by atoms with E-state index < -0.39 is 10.0 Å². The largest absolute Gasteiger partial charge is 0.242 e. The molecule has 0 aliphatic carbocycles. The first-order valence-electron chi connectivity index (χ1n) is 4.27. The molecule has 1 rings (SSSR count). The van der Waals surface area contributed by atoms with Crippen LogP contribution in [0.1, 0.15) is 5.56 Å². The zero-order valence-corrected chi connectivity index (χ0v) is 12.4. The summed E-state index contributed by atoms with van der Waals surface area (Å²) in [6.07, 6.45) is 5.01. The lowest BCUT2D eigenvalue weighted by atomic mass is 10.2. The monoisotopic (exact) mass is 365 g/mol. The normalized spacial score (nSPS) is 11.1. The molecule has 0 spiro atoms. The molecule has 0 unspecified atom stereocenters.